The van der Waals surface area contributed by atoms with Crippen molar-refractivity contribution in [3.05, 3.63) is 95.4 Å². The van der Waals surface area contributed by atoms with Gasteiger partial charge in [-0.25, -0.2) is 9.48 Å². The van der Waals surface area contributed by atoms with Gasteiger partial charge in [-0.2, -0.15) is 5.10 Å². The van der Waals surface area contributed by atoms with Crippen LogP contribution in [0.2, 0.25) is 0 Å². The Morgan fingerprint density at radius 1 is 1.08 bits per heavy atom. The molecule has 0 bridgehead atoms. The third kappa shape index (κ3) is 4.91. The number of fused-ring (bicyclic) bond motifs is 3. The summed E-state index contributed by atoms with van der Waals surface area (Å²) < 4.78 is 15.2. The van der Waals surface area contributed by atoms with Gasteiger partial charge in [0.05, 0.1) is 36.8 Å². The first-order valence-electron chi connectivity index (χ1n) is 13.3. The number of ether oxygens (including phenoxy) is 2. The van der Waals surface area contributed by atoms with Crippen molar-refractivity contribution in [2.45, 2.75) is 39.3 Å². The standard InChI is InChI=1S/C30H35N5O3/c1-4-26-25-21-34(30(36)31-17-11-19-38-5-2)28(22-12-9-15-24(20-22)37-3)27-16-10-18-33(27)29(25)35(32-26)23-13-7-6-8-14-23/h6-10,12-16,18,20,28H,4-5,11,17,19,21H2,1-3H3,(H,31,36)/t28-/m1/s1. The third-order valence-corrected chi connectivity index (χ3v) is 6.92. The largest absolute Gasteiger partial charge is 0.497 e. The van der Waals surface area contributed by atoms with E-state index in [4.69, 9.17) is 14.6 Å². The third-order valence-electron chi connectivity index (χ3n) is 6.92. The van der Waals surface area contributed by atoms with Crippen LogP contribution >= 0.6 is 0 Å². The van der Waals surface area contributed by atoms with Gasteiger partial charge in [0.1, 0.15) is 11.6 Å². The number of urea groups is 1. The number of nitrogens with zero attached hydrogens (tertiary/aromatic N) is 4. The maximum atomic E-state index is 13.8. The van der Waals surface area contributed by atoms with E-state index < -0.39 is 0 Å². The van der Waals surface area contributed by atoms with Crippen LogP contribution in [-0.2, 0) is 17.7 Å². The fourth-order valence-corrected chi connectivity index (χ4v) is 5.13. The quantitative estimate of drug-likeness (QED) is 0.309. The molecule has 5 rings (SSSR count). The molecule has 2 aromatic heterocycles. The van der Waals surface area contributed by atoms with E-state index in [2.05, 4.69) is 47.3 Å². The van der Waals surface area contributed by atoms with Crippen LogP contribution in [-0.4, -0.2) is 52.1 Å². The molecule has 1 atom stereocenters. The molecule has 38 heavy (non-hydrogen) atoms. The van der Waals surface area contributed by atoms with Gasteiger partial charge >= 0.3 is 6.03 Å². The number of carbonyl (C=O) groups is 1. The molecule has 0 fully saturated rings. The van der Waals surface area contributed by atoms with Crippen molar-refractivity contribution in [1.29, 1.82) is 0 Å². The van der Waals surface area contributed by atoms with Crippen molar-refractivity contribution in [2.24, 2.45) is 0 Å². The van der Waals surface area contributed by atoms with Crippen molar-refractivity contribution in [3.8, 4) is 17.3 Å². The summed E-state index contributed by atoms with van der Waals surface area (Å²) in [5, 5.41) is 8.15. The highest BCUT2D eigenvalue weighted by Gasteiger charge is 2.36. The Hall–Kier alpha value is -4.04. The molecule has 8 nitrogen and oxygen atoms in total. The van der Waals surface area contributed by atoms with Crippen LogP contribution in [0, 0.1) is 0 Å². The fraction of sp³-hybridized carbons (Fsp3) is 0.333. The average molecular weight is 514 g/mol. The van der Waals surface area contributed by atoms with Gasteiger partial charge in [-0.15, -0.1) is 0 Å². The smallest absolute Gasteiger partial charge is 0.318 e. The van der Waals surface area contributed by atoms with Gasteiger partial charge in [0.25, 0.3) is 0 Å². The number of rotatable bonds is 9. The maximum Gasteiger partial charge on any atom is 0.318 e. The van der Waals surface area contributed by atoms with Crippen LogP contribution in [0.25, 0.3) is 11.5 Å². The van der Waals surface area contributed by atoms with Crippen molar-refractivity contribution in [1.82, 2.24) is 24.6 Å². The summed E-state index contributed by atoms with van der Waals surface area (Å²) in [6.07, 6.45) is 3.57. The molecule has 2 aromatic carbocycles. The molecule has 3 heterocycles. The molecule has 4 aromatic rings. The molecule has 0 unspecified atom stereocenters. The lowest BCUT2D eigenvalue weighted by atomic mass is 10.0. The summed E-state index contributed by atoms with van der Waals surface area (Å²) in [5.74, 6) is 1.72. The number of methoxy groups -OCH3 is 1. The first-order chi connectivity index (χ1) is 18.7. The SMILES string of the molecule is CCOCCCNC(=O)N1Cc2c(CC)nn(-c3ccccc3)c2-n2cccc2[C@H]1c1cccc(OC)c1. The van der Waals surface area contributed by atoms with Crippen LogP contribution in [0.5, 0.6) is 5.75 Å². The zero-order valence-electron chi connectivity index (χ0n) is 22.3. The molecule has 0 radical (unpaired) electrons. The highest BCUT2D eigenvalue weighted by Crippen LogP contribution is 2.39. The van der Waals surface area contributed by atoms with Gasteiger partial charge < -0.3 is 24.3 Å². The normalized spacial score (nSPS) is 14.5. The Morgan fingerprint density at radius 2 is 1.92 bits per heavy atom. The van der Waals surface area contributed by atoms with Crippen LogP contribution in [0.4, 0.5) is 4.79 Å². The number of aromatic nitrogens is 3. The summed E-state index contributed by atoms with van der Waals surface area (Å²) in [5.41, 5.74) is 4.97. The van der Waals surface area contributed by atoms with Crippen LogP contribution in [0.15, 0.2) is 72.9 Å². The lowest BCUT2D eigenvalue weighted by molar-refractivity contribution is 0.143. The Morgan fingerprint density at radius 3 is 2.68 bits per heavy atom. The van der Waals surface area contributed by atoms with Crippen LogP contribution < -0.4 is 10.1 Å². The lowest BCUT2D eigenvalue weighted by Gasteiger charge is -2.31. The van der Waals surface area contributed by atoms with Crippen molar-refractivity contribution < 1.29 is 14.3 Å². The lowest BCUT2D eigenvalue weighted by Crippen LogP contribution is -2.42. The first kappa shape index (κ1) is 25.6. The minimum absolute atomic E-state index is 0.121. The second-order valence-corrected chi connectivity index (χ2v) is 9.24. The van der Waals surface area contributed by atoms with E-state index in [-0.39, 0.29) is 12.1 Å². The van der Waals surface area contributed by atoms with Gasteiger partial charge in [0.15, 0.2) is 0 Å². The maximum absolute atomic E-state index is 13.8. The summed E-state index contributed by atoms with van der Waals surface area (Å²) in [7, 11) is 1.66. The zero-order chi connectivity index (χ0) is 26.5. The van der Waals surface area contributed by atoms with Gasteiger partial charge in [-0.3, -0.25) is 0 Å². The summed E-state index contributed by atoms with van der Waals surface area (Å²) in [6.45, 7) is 6.33. The van der Waals surface area contributed by atoms with Gasteiger partial charge in [0.2, 0.25) is 0 Å². The Kier molecular flexibility index (Phi) is 7.79. The monoisotopic (exact) mass is 513 g/mol. The molecule has 8 heteroatoms. The number of benzene rings is 2. The highest BCUT2D eigenvalue weighted by atomic mass is 16.5. The second kappa shape index (κ2) is 11.6. The molecule has 0 saturated heterocycles. The molecule has 2 amide bonds. The number of hydrogen-bond donors (Lipinski definition) is 1. The van der Waals surface area contributed by atoms with Crippen LogP contribution in [0.1, 0.15) is 48.8 Å². The minimum Gasteiger partial charge on any atom is -0.497 e. The van der Waals surface area contributed by atoms with E-state index in [1.807, 2.05) is 59.0 Å². The molecule has 0 aliphatic carbocycles. The van der Waals surface area contributed by atoms with Crippen molar-refractivity contribution >= 4 is 6.03 Å². The van der Waals surface area contributed by atoms with E-state index in [0.717, 1.165) is 52.6 Å². The first-order valence-corrected chi connectivity index (χ1v) is 13.3. The van der Waals surface area contributed by atoms with Gasteiger partial charge in [-0.05, 0) is 61.7 Å². The fourth-order valence-electron chi connectivity index (χ4n) is 5.13. The summed E-state index contributed by atoms with van der Waals surface area (Å²) >= 11 is 0. The Labute approximate surface area is 223 Å². The summed E-state index contributed by atoms with van der Waals surface area (Å²) in [6, 6.07) is 21.8. The number of para-hydroxylation sites is 1. The molecule has 198 valence electrons. The Balaban J connectivity index is 1.64. The van der Waals surface area contributed by atoms with E-state index in [9.17, 15) is 4.79 Å². The molecule has 0 spiro atoms. The van der Waals surface area contributed by atoms with E-state index in [1.165, 1.54) is 0 Å². The van der Waals surface area contributed by atoms with Crippen molar-refractivity contribution in [2.75, 3.05) is 26.9 Å². The molecule has 0 saturated carbocycles. The molecular weight excluding hydrogens is 478 g/mol. The topological polar surface area (TPSA) is 73.5 Å². The predicted octanol–water partition coefficient (Wildman–Crippen LogP) is 5.28. The number of nitrogens with one attached hydrogen (secondary N) is 1. The van der Waals surface area contributed by atoms with Gasteiger partial charge in [0, 0.05) is 31.5 Å². The predicted molar refractivity (Wildman–Crippen MR) is 147 cm³/mol. The van der Waals surface area contributed by atoms with E-state index >= 15 is 0 Å². The van der Waals surface area contributed by atoms with Gasteiger partial charge in [-0.1, -0.05) is 37.3 Å². The highest BCUT2D eigenvalue weighted by molar-refractivity contribution is 5.76. The molecule has 1 aliphatic rings. The van der Waals surface area contributed by atoms with E-state index in [1.54, 1.807) is 7.11 Å². The number of amides is 2. The average Bonchev–Trinajstić information content (AvgIpc) is 3.54. The Bertz CT molecular complexity index is 1380. The zero-order valence-corrected chi connectivity index (χ0v) is 22.3. The molecule has 1 aliphatic heterocycles. The second-order valence-electron chi connectivity index (χ2n) is 9.24. The minimum atomic E-state index is -0.326. The number of aryl methyl sites for hydroxylation is 1. The summed E-state index contributed by atoms with van der Waals surface area (Å²) in [4.78, 5) is 15.8. The number of carbonyl (C=O) groups excluding carboxylic acids is 1. The van der Waals surface area contributed by atoms with Crippen molar-refractivity contribution in [3.63, 3.8) is 0 Å². The number of hydrogen-bond acceptors (Lipinski definition) is 4. The van der Waals surface area contributed by atoms with Crippen LogP contribution in [0.3, 0.4) is 0 Å². The molecule has 1 N–H and O–H groups in total. The molecular formula is C30H35N5O3. The van der Waals surface area contributed by atoms with E-state index in [0.29, 0.717) is 26.3 Å².